The van der Waals surface area contributed by atoms with Crippen molar-refractivity contribution in [3.8, 4) is 0 Å². The molecule has 0 aromatic carbocycles. The number of allylic oxidation sites excluding steroid dienone is 10. The standard InChI is InChI=1S/C76H138O6/c1-4-7-10-13-16-19-22-25-27-29-31-33-35-37-38-40-41-43-45-47-49-51-54-57-60-63-66-69-75(78)81-72-73(71-80-74(77)68-65-62-59-56-53-24-21-18-15-12-9-6-3)82-76(79)70-67-64-61-58-55-52-50-48-46-44-42-39-36-34-32-30-28-26-23-20-17-14-11-8-5-2/h22-23,25-26,29-32,35,37,73H,4-21,24,27-28,33-34,36,38-72H2,1-3H3/b25-22-,26-23-,31-29-,32-30-,37-35-. The number of ether oxygens (including phenoxy) is 3. The molecule has 0 spiro atoms. The molecule has 82 heavy (non-hydrogen) atoms. The average Bonchev–Trinajstić information content (AvgIpc) is 3.47. The molecule has 0 radical (unpaired) electrons. The van der Waals surface area contributed by atoms with Gasteiger partial charge >= 0.3 is 17.9 Å². The van der Waals surface area contributed by atoms with Crippen molar-refractivity contribution in [3.63, 3.8) is 0 Å². The molecule has 0 fully saturated rings. The van der Waals surface area contributed by atoms with Gasteiger partial charge in [0, 0.05) is 19.3 Å². The normalized spacial score (nSPS) is 12.4. The zero-order valence-corrected chi connectivity index (χ0v) is 55.0. The smallest absolute Gasteiger partial charge is 0.306 e. The van der Waals surface area contributed by atoms with E-state index in [0.717, 1.165) is 77.0 Å². The summed E-state index contributed by atoms with van der Waals surface area (Å²) in [6.07, 6.45) is 91.1. The van der Waals surface area contributed by atoms with E-state index in [1.165, 1.54) is 270 Å². The van der Waals surface area contributed by atoms with E-state index in [2.05, 4.69) is 81.5 Å². The minimum Gasteiger partial charge on any atom is -0.462 e. The van der Waals surface area contributed by atoms with E-state index in [0.29, 0.717) is 19.3 Å². The van der Waals surface area contributed by atoms with Crippen LogP contribution in [0.15, 0.2) is 60.8 Å². The van der Waals surface area contributed by atoms with Gasteiger partial charge < -0.3 is 14.2 Å². The molecular weight excluding hydrogens is 1010 g/mol. The molecule has 0 saturated carbocycles. The highest BCUT2D eigenvalue weighted by Crippen LogP contribution is 2.18. The minimum atomic E-state index is -0.774. The van der Waals surface area contributed by atoms with Crippen LogP contribution in [0.25, 0.3) is 0 Å². The molecule has 6 nitrogen and oxygen atoms in total. The zero-order valence-electron chi connectivity index (χ0n) is 55.0. The highest BCUT2D eigenvalue weighted by molar-refractivity contribution is 5.71. The van der Waals surface area contributed by atoms with Crippen molar-refractivity contribution in [2.75, 3.05) is 13.2 Å². The molecule has 0 rings (SSSR count). The molecule has 0 aliphatic heterocycles. The molecule has 478 valence electrons. The lowest BCUT2D eigenvalue weighted by molar-refractivity contribution is -0.167. The van der Waals surface area contributed by atoms with Gasteiger partial charge in [0.1, 0.15) is 13.2 Å². The number of carbonyl (C=O) groups excluding carboxylic acids is 3. The van der Waals surface area contributed by atoms with Crippen molar-refractivity contribution in [2.24, 2.45) is 0 Å². The summed E-state index contributed by atoms with van der Waals surface area (Å²) < 4.78 is 17.0. The zero-order chi connectivity index (χ0) is 59.2. The Morgan fingerprint density at radius 3 is 0.683 bits per heavy atom. The second kappa shape index (κ2) is 70.6. The molecular formula is C76H138O6. The Hall–Kier alpha value is -2.89. The molecule has 0 N–H and O–H groups in total. The van der Waals surface area contributed by atoms with Crippen LogP contribution in [0.2, 0.25) is 0 Å². The van der Waals surface area contributed by atoms with Gasteiger partial charge in [0.25, 0.3) is 0 Å². The molecule has 1 unspecified atom stereocenters. The summed E-state index contributed by atoms with van der Waals surface area (Å²) in [5.41, 5.74) is 0. The third-order valence-corrected chi connectivity index (χ3v) is 16.2. The van der Waals surface area contributed by atoms with Crippen LogP contribution in [-0.2, 0) is 28.6 Å². The van der Waals surface area contributed by atoms with Gasteiger partial charge in [-0.2, -0.15) is 0 Å². The number of unbranched alkanes of at least 4 members (excludes halogenated alkanes) is 46. The van der Waals surface area contributed by atoms with Gasteiger partial charge in [-0.1, -0.05) is 338 Å². The van der Waals surface area contributed by atoms with Gasteiger partial charge in [-0.3, -0.25) is 14.4 Å². The van der Waals surface area contributed by atoms with E-state index < -0.39 is 6.10 Å². The second-order valence-electron chi connectivity index (χ2n) is 24.5. The van der Waals surface area contributed by atoms with Crippen molar-refractivity contribution in [1.29, 1.82) is 0 Å². The van der Waals surface area contributed by atoms with Crippen LogP contribution in [0.3, 0.4) is 0 Å². The Bertz CT molecular complexity index is 1460. The van der Waals surface area contributed by atoms with Crippen molar-refractivity contribution in [1.82, 2.24) is 0 Å². The first-order valence-corrected chi connectivity index (χ1v) is 36.3. The van der Waals surface area contributed by atoms with Gasteiger partial charge in [0.05, 0.1) is 0 Å². The first-order valence-electron chi connectivity index (χ1n) is 36.3. The van der Waals surface area contributed by atoms with Crippen LogP contribution in [0.1, 0.15) is 387 Å². The van der Waals surface area contributed by atoms with E-state index in [1.807, 2.05) is 0 Å². The predicted octanol–water partition coefficient (Wildman–Crippen LogP) is 25.1. The summed E-state index contributed by atoms with van der Waals surface area (Å²) in [5, 5.41) is 0. The van der Waals surface area contributed by atoms with Crippen LogP contribution in [0.5, 0.6) is 0 Å². The number of esters is 3. The fraction of sp³-hybridized carbons (Fsp3) is 0.829. The van der Waals surface area contributed by atoms with Gasteiger partial charge in [0.15, 0.2) is 6.10 Å². The molecule has 0 aromatic rings. The first kappa shape index (κ1) is 79.1. The van der Waals surface area contributed by atoms with Crippen molar-refractivity contribution >= 4 is 17.9 Å². The van der Waals surface area contributed by atoms with Crippen LogP contribution in [0.4, 0.5) is 0 Å². The quantitative estimate of drug-likeness (QED) is 0.0261. The molecule has 1 atom stereocenters. The summed E-state index contributed by atoms with van der Waals surface area (Å²) in [6.45, 7) is 6.67. The summed E-state index contributed by atoms with van der Waals surface area (Å²) in [4.78, 5) is 38.4. The maximum absolute atomic E-state index is 13.0. The van der Waals surface area contributed by atoms with Gasteiger partial charge in [0.2, 0.25) is 0 Å². The van der Waals surface area contributed by atoms with Crippen LogP contribution >= 0.6 is 0 Å². The highest BCUT2D eigenvalue weighted by atomic mass is 16.6. The molecule has 0 aliphatic rings. The summed E-state index contributed by atoms with van der Waals surface area (Å²) in [6, 6.07) is 0. The Labute approximate surface area is 510 Å². The first-order chi connectivity index (χ1) is 40.5. The van der Waals surface area contributed by atoms with Crippen molar-refractivity contribution in [2.45, 2.75) is 393 Å². The lowest BCUT2D eigenvalue weighted by atomic mass is 10.0. The Morgan fingerprint density at radius 2 is 0.439 bits per heavy atom. The molecule has 0 heterocycles. The molecule has 0 aromatic heterocycles. The summed E-state index contributed by atoms with van der Waals surface area (Å²) >= 11 is 0. The van der Waals surface area contributed by atoms with E-state index in [-0.39, 0.29) is 31.1 Å². The summed E-state index contributed by atoms with van der Waals surface area (Å²) in [5.74, 6) is -0.849. The average molecular weight is 1150 g/mol. The third-order valence-electron chi connectivity index (χ3n) is 16.2. The second-order valence-corrected chi connectivity index (χ2v) is 24.5. The fourth-order valence-electron chi connectivity index (χ4n) is 10.8. The minimum absolute atomic E-state index is 0.0702. The van der Waals surface area contributed by atoms with E-state index in [4.69, 9.17) is 14.2 Å². The fourth-order valence-corrected chi connectivity index (χ4v) is 10.8. The Kier molecular flexibility index (Phi) is 68.1. The predicted molar refractivity (Wildman–Crippen MR) is 358 cm³/mol. The Morgan fingerprint density at radius 1 is 0.244 bits per heavy atom. The highest BCUT2D eigenvalue weighted by Gasteiger charge is 2.19. The van der Waals surface area contributed by atoms with Crippen molar-refractivity contribution < 1.29 is 28.6 Å². The van der Waals surface area contributed by atoms with Crippen LogP contribution in [-0.4, -0.2) is 37.2 Å². The number of hydrogen-bond donors (Lipinski definition) is 0. The molecule has 6 heteroatoms. The third kappa shape index (κ3) is 67.9. The number of hydrogen-bond acceptors (Lipinski definition) is 6. The lowest BCUT2D eigenvalue weighted by Crippen LogP contribution is -2.30. The van der Waals surface area contributed by atoms with Crippen molar-refractivity contribution in [3.05, 3.63) is 60.8 Å². The van der Waals surface area contributed by atoms with Gasteiger partial charge in [-0.25, -0.2) is 0 Å². The maximum Gasteiger partial charge on any atom is 0.306 e. The lowest BCUT2D eigenvalue weighted by Gasteiger charge is -2.18. The van der Waals surface area contributed by atoms with E-state index >= 15 is 0 Å². The SMILES string of the molecule is CCCCCCC/C=C\C/C=C\C/C=C\CCCCCCCCCCCCCCC(=O)OCC(COC(=O)CCCCCCCCCCCCCC)OC(=O)CCCCCCCCCCCCCCC/C=C\C/C=C\CCCCCCC. The van der Waals surface area contributed by atoms with E-state index in [9.17, 15) is 14.4 Å². The molecule has 0 bridgehead atoms. The van der Waals surface area contributed by atoms with Crippen LogP contribution in [0, 0.1) is 0 Å². The van der Waals surface area contributed by atoms with Gasteiger partial charge in [-0.05, 0) is 89.9 Å². The van der Waals surface area contributed by atoms with E-state index in [1.54, 1.807) is 0 Å². The molecule has 0 amide bonds. The van der Waals surface area contributed by atoms with Crippen LogP contribution < -0.4 is 0 Å². The largest absolute Gasteiger partial charge is 0.462 e. The molecule has 0 aliphatic carbocycles. The maximum atomic E-state index is 13.0. The monoisotopic (exact) mass is 1150 g/mol. The summed E-state index contributed by atoms with van der Waals surface area (Å²) in [7, 11) is 0. The number of carbonyl (C=O) groups is 3. The molecule has 0 saturated heterocycles. The van der Waals surface area contributed by atoms with Gasteiger partial charge in [-0.15, -0.1) is 0 Å². The topological polar surface area (TPSA) is 78.9 Å². The Balaban J connectivity index is 4.22. The number of rotatable bonds is 67.